The van der Waals surface area contributed by atoms with E-state index in [1.54, 1.807) is 0 Å². The number of nitrogens with one attached hydrogen (secondary N) is 1. The lowest BCUT2D eigenvalue weighted by atomic mass is 9.91. The summed E-state index contributed by atoms with van der Waals surface area (Å²) in [6.07, 6.45) is 0. The molecule has 0 bridgehead atoms. The highest BCUT2D eigenvalue weighted by Gasteiger charge is 2.33. The Bertz CT molecular complexity index is 1240. The van der Waals surface area contributed by atoms with E-state index < -0.39 is 11.9 Å². The summed E-state index contributed by atoms with van der Waals surface area (Å²) in [7, 11) is 0. The molecule has 0 fully saturated rings. The van der Waals surface area contributed by atoms with Crippen molar-refractivity contribution in [3.63, 3.8) is 0 Å². The van der Waals surface area contributed by atoms with Crippen molar-refractivity contribution in [2.24, 2.45) is 21.7 Å². The number of guanidine groups is 1. The fraction of sp³-hybridized carbons (Fsp3) is 0.250. The molecule has 0 aromatic heterocycles. The molecule has 2 atom stereocenters. The number of rotatable bonds is 7. The third-order valence-electron chi connectivity index (χ3n) is 6.08. The Kier molecular flexibility index (Phi) is 8.28. The van der Waals surface area contributed by atoms with Gasteiger partial charge in [0.1, 0.15) is 6.04 Å². The zero-order chi connectivity index (χ0) is 25.7. The highest BCUT2D eigenvalue weighted by molar-refractivity contribution is 6.31. The van der Waals surface area contributed by atoms with Gasteiger partial charge >= 0.3 is 0 Å². The molecule has 8 heteroatoms. The number of nitrogens with zero attached hydrogens (tertiary/aromatic N) is 3. The summed E-state index contributed by atoms with van der Waals surface area (Å²) in [6, 6.07) is 24.8. The molecule has 4 rings (SSSR count). The summed E-state index contributed by atoms with van der Waals surface area (Å²) in [5.41, 5.74) is 9.72. The summed E-state index contributed by atoms with van der Waals surface area (Å²) >= 11 is 12.2. The SMILES string of the molecule is CC(C)[C@H](N/C(=N\Cc1ccc(Cl)cc1)N1C[C@H](c2ccccc2)C(c2ccc(Cl)cc2)=N1)C(N)=O. The van der Waals surface area contributed by atoms with E-state index in [0.717, 1.165) is 22.4 Å². The molecule has 3 aromatic carbocycles. The Morgan fingerprint density at radius 2 is 1.64 bits per heavy atom. The summed E-state index contributed by atoms with van der Waals surface area (Å²) in [6.45, 7) is 4.83. The molecule has 0 aliphatic carbocycles. The molecule has 3 aromatic rings. The average Bonchev–Trinajstić information content (AvgIpc) is 3.31. The largest absolute Gasteiger partial charge is 0.368 e. The Labute approximate surface area is 221 Å². The second-order valence-corrected chi connectivity index (χ2v) is 9.95. The van der Waals surface area contributed by atoms with Crippen LogP contribution in [0.4, 0.5) is 0 Å². The fourth-order valence-corrected chi connectivity index (χ4v) is 4.38. The van der Waals surface area contributed by atoms with Crippen LogP contribution < -0.4 is 11.1 Å². The second kappa shape index (κ2) is 11.6. The minimum absolute atomic E-state index is 0.000912. The van der Waals surface area contributed by atoms with Crippen molar-refractivity contribution in [3.8, 4) is 0 Å². The zero-order valence-electron chi connectivity index (χ0n) is 20.2. The lowest BCUT2D eigenvalue weighted by Crippen LogP contribution is -2.51. The van der Waals surface area contributed by atoms with Gasteiger partial charge in [0.05, 0.1) is 18.8 Å². The molecule has 1 aliphatic heterocycles. The monoisotopic (exact) mass is 521 g/mol. The topological polar surface area (TPSA) is 83.1 Å². The van der Waals surface area contributed by atoms with E-state index in [2.05, 4.69) is 17.4 Å². The van der Waals surface area contributed by atoms with Gasteiger partial charge in [-0.25, -0.2) is 10.0 Å². The molecule has 3 N–H and O–H groups in total. The van der Waals surface area contributed by atoms with Crippen molar-refractivity contribution < 1.29 is 4.79 Å². The van der Waals surface area contributed by atoms with Crippen LogP contribution in [-0.2, 0) is 11.3 Å². The Morgan fingerprint density at radius 1 is 1.03 bits per heavy atom. The van der Waals surface area contributed by atoms with Crippen molar-refractivity contribution in [3.05, 3.63) is 106 Å². The molecule has 0 saturated carbocycles. The standard InChI is InChI=1S/C28H29Cl2N5O/c1-18(2)25(27(31)36)33-28(32-16-19-8-12-22(29)13-9-19)35-17-24(20-6-4-3-5-7-20)26(34-35)21-10-14-23(30)15-11-21/h3-15,18,24-25H,16-17H2,1-2H3,(H2,31,36)(H,32,33)/t24-,25+/m1/s1. The number of amides is 1. The maximum atomic E-state index is 12.2. The van der Waals surface area contributed by atoms with Crippen LogP contribution in [0.1, 0.15) is 36.5 Å². The number of hydrogen-bond donors (Lipinski definition) is 2. The van der Waals surface area contributed by atoms with Gasteiger partial charge in [0.2, 0.25) is 11.9 Å². The summed E-state index contributed by atoms with van der Waals surface area (Å²) in [4.78, 5) is 17.1. The molecule has 1 heterocycles. The number of hydrazone groups is 1. The van der Waals surface area contributed by atoms with Crippen LogP contribution in [0.25, 0.3) is 0 Å². The number of primary amides is 1. The molecular formula is C28H29Cl2N5O. The molecule has 6 nitrogen and oxygen atoms in total. The number of hydrogen-bond acceptors (Lipinski definition) is 3. The molecule has 186 valence electrons. The van der Waals surface area contributed by atoms with Crippen LogP contribution in [0.15, 0.2) is 89.0 Å². The first kappa shape index (κ1) is 25.7. The number of carbonyl (C=O) groups is 1. The zero-order valence-corrected chi connectivity index (χ0v) is 21.7. The van der Waals surface area contributed by atoms with Gasteiger partial charge in [-0.15, -0.1) is 0 Å². The maximum absolute atomic E-state index is 12.2. The minimum atomic E-state index is -0.598. The lowest BCUT2D eigenvalue weighted by Gasteiger charge is -2.25. The first-order valence-electron chi connectivity index (χ1n) is 11.8. The van der Waals surface area contributed by atoms with Gasteiger partial charge < -0.3 is 11.1 Å². The molecule has 36 heavy (non-hydrogen) atoms. The molecule has 0 unspecified atom stereocenters. The predicted molar refractivity (Wildman–Crippen MR) is 147 cm³/mol. The van der Waals surface area contributed by atoms with E-state index >= 15 is 0 Å². The quantitative estimate of drug-likeness (QED) is 0.320. The molecule has 1 aliphatic rings. The van der Waals surface area contributed by atoms with Crippen LogP contribution in [0, 0.1) is 5.92 Å². The molecule has 0 saturated heterocycles. The first-order chi connectivity index (χ1) is 17.3. The number of benzene rings is 3. The Morgan fingerprint density at radius 3 is 2.22 bits per heavy atom. The van der Waals surface area contributed by atoms with Gasteiger partial charge in [0.15, 0.2) is 0 Å². The number of nitrogens with two attached hydrogens (primary N) is 1. The minimum Gasteiger partial charge on any atom is -0.368 e. The lowest BCUT2D eigenvalue weighted by molar-refractivity contribution is -0.120. The van der Waals surface area contributed by atoms with Gasteiger partial charge in [0.25, 0.3) is 0 Å². The van der Waals surface area contributed by atoms with Crippen LogP contribution >= 0.6 is 23.2 Å². The highest BCUT2D eigenvalue weighted by Crippen LogP contribution is 2.29. The highest BCUT2D eigenvalue weighted by atomic mass is 35.5. The normalized spacial score (nSPS) is 16.7. The molecule has 0 spiro atoms. The predicted octanol–water partition coefficient (Wildman–Crippen LogP) is 5.45. The number of carbonyl (C=O) groups excluding carboxylic acids is 1. The van der Waals surface area contributed by atoms with Crippen LogP contribution in [0.5, 0.6) is 0 Å². The number of halogens is 2. The molecule has 1 amide bonds. The van der Waals surface area contributed by atoms with Crippen molar-refractivity contribution in [1.29, 1.82) is 0 Å². The summed E-state index contributed by atoms with van der Waals surface area (Å²) in [5.74, 6) is 0.0219. The summed E-state index contributed by atoms with van der Waals surface area (Å²) < 4.78 is 0. The first-order valence-corrected chi connectivity index (χ1v) is 12.6. The third kappa shape index (κ3) is 6.25. The van der Waals surface area contributed by atoms with Gasteiger partial charge in [-0.2, -0.15) is 5.10 Å². The van der Waals surface area contributed by atoms with E-state index in [1.807, 2.05) is 85.6 Å². The van der Waals surface area contributed by atoms with Crippen LogP contribution in [-0.4, -0.2) is 35.2 Å². The van der Waals surface area contributed by atoms with Gasteiger partial charge in [-0.3, -0.25) is 4.79 Å². The van der Waals surface area contributed by atoms with E-state index in [0.29, 0.717) is 29.1 Å². The maximum Gasteiger partial charge on any atom is 0.240 e. The van der Waals surface area contributed by atoms with Crippen LogP contribution in [0.2, 0.25) is 10.0 Å². The second-order valence-electron chi connectivity index (χ2n) is 9.07. The van der Waals surface area contributed by atoms with Crippen molar-refractivity contribution in [2.75, 3.05) is 6.54 Å². The van der Waals surface area contributed by atoms with Gasteiger partial charge in [-0.05, 0) is 46.9 Å². The van der Waals surface area contributed by atoms with Gasteiger partial charge in [0, 0.05) is 16.0 Å². The van der Waals surface area contributed by atoms with E-state index in [4.69, 9.17) is 39.0 Å². The average molecular weight is 522 g/mol. The molecular weight excluding hydrogens is 493 g/mol. The number of aliphatic imine (C=N–C) groups is 1. The Balaban J connectivity index is 1.72. The smallest absolute Gasteiger partial charge is 0.240 e. The fourth-order valence-electron chi connectivity index (χ4n) is 4.13. The van der Waals surface area contributed by atoms with Gasteiger partial charge in [-0.1, -0.05) is 91.6 Å². The van der Waals surface area contributed by atoms with Crippen molar-refractivity contribution in [2.45, 2.75) is 32.4 Å². The van der Waals surface area contributed by atoms with E-state index in [9.17, 15) is 4.79 Å². The molecule has 0 radical (unpaired) electrons. The van der Waals surface area contributed by atoms with Crippen LogP contribution in [0.3, 0.4) is 0 Å². The van der Waals surface area contributed by atoms with Crippen molar-refractivity contribution in [1.82, 2.24) is 10.3 Å². The third-order valence-corrected chi connectivity index (χ3v) is 6.59. The van der Waals surface area contributed by atoms with Crippen molar-refractivity contribution >= 4 is 40.8 Å². The summed E-state index contributed by atoms with van der Waals surface area (Å²) in [5, 5.41) is 11.4. The van der Waals surface area contributed by atoms with E-state index in [-0.39, 0.29) is 11.8 Å². The van der Waals surface area contributed by atoms with E-state index in [1.165, 1.54) is 0 Å². The Hall–Kier alpha value is -3.35.